The first kappa shape index (κ1) is 14.7. The van der Waals surface area contributed by atoms with E-state index in [9.17, 15) is 5.11 Å². The number of rotatable bonds is 8. The van der Waals surface area contributed by atoms with Gasteiger partial charge in [-0.1, -0.05) is 30.3 Å². The van der Waals surface area contributed by atoms with Gasteiger partial charge in [-0.05, 0) is 18.4 Å². The van der Waals surface area contributed by atoms with Crippen LogP contribution < -0.4 is 0 Å². The second-order valence-electron chi connectivity index (χ2n) is 4.67. The van der Waals surface area contributed by atoms with Crippen LogP contribution in [0.2, 0.25) is 0 Å². The third kappa shape index (κ3) is 3.88. The molecular formula is C15H21N3O2. The van der Waals surface area contributed by atoms with Gasteiger partial charge in [-0.15, -0.1) is 10.2 Å². The highest BCUT2D eigenvalue weighted by Gasteiger charge is 2.10. The molecule has 1 N–H and O–H groups in total. The predicted molar refractivity (Wildman–Crippen MR) is 76.3 cm³/mol. The largest absolute Gasteiger partial charge is 0.388 e. The third-order valence-electron chi connectivity index (χ3n) is 3.27. The molecule has 5 nitrogen and oxygen atoms in total. The van der Waals surface area contributed by atoms with E-state index in [2.05, 4.69) is 34.5 Å². The smallest absolute Gasteiger partial charge is 0.158 e. The van der Waals surface area contributed by atoms with Crippen LogP contribution in [0.4, 0.5) is 0 Å². The van der Waals surface area contributed by atoms with Crippen LogP contribution in [-0.2, 0) is 30.7 Å². The quantitative estimate of drug-likeness (QED) is 0.795. The molecule has 0 spiro atoms. The van der Waals surface area contributed by atoms with E-state index >= 15 is 0 Å². The van der Waals surface area contributed by atoms with Gasteiger partial charge in [0.1, 0.15) is 12.4 Å². The molecule has 0 bridgehead atoms. The van der Waals surface area contributed by atoms with Crippen molar-refractivity contribution in [2.45, 2.75) is 32.4 Å². The van der Waals surface area contributed by atoms with Crippen molar-refractivity contribution in [2.75, 3.05) is 13.7 Å². The maximum Gasteiger partial charge on any atom is 0.158 e. The number of aromatic nitrogens is 3. The molecule has 2 aromatic rings. The summed E-state index contributed by atoms with van der Waals surface area (Å²) in [6.45, 7) is 1.19. The van der Waals surface area contributed by atoms with E-state index in [-0.39, 0.29) is 6.61 Å². The molecule has 0 atom stereocenters. The average molecular weight is 275 g/mol. The molecule has 0 aliphatic carbocycles. The van der Waals surface area contributed by atoms with E-state index < -0.39 is 0 Å². The van der Waals surface area contributed by atoms with Gasteiger partial charge in [-0.2, -0.15) is 0 Å². The van der Waals surface area contributed by atoms with E-state index in [4.69, 9.17) is 4.74 Å². The van der Waals surface area contributed by atoms with Crippen LogP contribution in [0.25, 0.3) is 0 Å². The minimum Gasteiger partial charge on any atom is -0.388 e. The van der Waals surface area contributed by atoms with Gasteiger partial charge in [0.2, 0.25) is 0 Å². The van der Waals surface area contributed by atoms with Crippen molar-refractivity contribution in [1.82, 2.24) is 14.8 Å². The van der Waals surface area contributed by atoms with Gasteiger partial charge in [0.05, 0.1) is 6.61 Å². The molecule has 0 saturated carbocycles. The molecule has 0 unspecified atom stereocenters. The van der Waals surface area contributed by atoms with Crippen molar-refractivity contribution in [2.24, 2.45) is 0 Å². The molecule has 0 aliphatic rings. The molecule has 1 aromatic heterocycles. The zero-order valence-corrected chi connectivity index (χ0v) is 11.8. The number of methoxy groups -OCH3 is 1. The third-order valence-corrected chi connectivity index (χ3v) is 3.27. The van der Waals surface area contributed by atoms with Crippen molar-refractivity contribution >= 4 is 0 Å². The Morgan fingerprint density at radius 3 is 2.55 bits per heavy atom. The lowest BCUT2D eigenvalue weighted by Gasteiger charge is -2.08. The number of hydrogen-bond donors (Lipinski definition) is 1. The molecule has 1 aromatic carbocycles. The topological polar surface area (TPSA) is 60.2 Å². The zero-order valence-electron chi connectivity index (χ0n) is 11.8. The van der Waals surface area contributed by atoms with E-state index in [1.165, 1.54) is 5.56 Å². The summed E-state index contributed by atoms with van der Waals surface area (Å²) >= 11 is 0. The number of aryl methyl sites for hydroxylation is 2. The van der Waals surface area contributed by atoms with Crippen LogP contribution in [0.15, 0.2) is 30.3 Å². The molecule has 5 heteroatoms. The molecule has 1 heterocycles. The molecule has 20 heavy (non-hydrogen) atoms. The Morgan fingerprint density at radius 2 is 1.85 bits per heavy atom. The molecule has 0 radical (unpaired) electrons. The fraction of sp³-hybridized carbons (Fsp3) is 0.467. The van der Waals surface area contributed by atoms with Gasteiger partial charge in [0, 0.05) is 20.1 Å². The van der Waals surface area contributed by atoms with Crippen LogP contribution in [0, 0.1) is 0 Å². The van der Waals surface area contributed by atoms with Gasteiger partial charge in [-0.3, -0.25) is 0 Å². The van der Waals surface area contributed by atoms with Crippen LogP contribution >= 0.6 is 0 Å². The Kier molecular flexibility index (Phi) is 5.70. The molecule has 108 valence electrons. The predicted octanol–water partition coefficient (Wildman–Crippen LogP) is 1.59. The summed E-state index contributed by atoms with van der Waals surface area (Å²) in [5.74, 6) is 1.53. The van der Waals surface area contributed by atoms with Crippen LogP contribution in [0.3, 0.4) is 0 Å². The summed E-state index contributed by atoms with van der Waals surface area (Å²) in [7, 11) is 1.66. The summed E-state index contributed by atoms with van der Waals surface area (Å²) in [5, 5.41) is 17.5. The first-order valence-corrected chi connectivity index (χ1v) is 6.90. The fourth-order valence-electron chi connectivity index (χ4n) is 2.21. The summed E-state index contributed by atoms with van der Waals surface area (Å²) in [6, 6.07) is 10.4. The van der Waals surface area contributed by atoms with Crippen molar-refractivity contribution in [3.63, 3.8) is 0 Å². The lowest BCUT2D eigenvalue weighted by Crippen LogP contribution is -2.12. The first-order valence-electron chi connectivity index (χ1n) is 6.90. The van der Waals surface area contributed by atoms with Gasteiger partial charge in [0.15, 0.2) is 5.82 Å². The lowest BCUT2D eigenvalue weighted by molar-refractivity contribution is 0.181. The second-order valence-corrected chi connectivity index (χ2v) is 4.67. The van der Waals surface area contributed by atoms with Crippen molar-refractivity contribution < 1.29 is 9.84 Å². The van der Waals surface area contributed by atoms with Gasteiger partial charge in [0.25, 0.3) is 0 Å². The van der Waals surface area contributed by atoms with Gasteiger partial charge >= 0.3 is 0 Å². The minimum absolute atomic E-state index is 0.0879. The SMILES string of the molecule is COCCn1c(CO)nnc1CCCc1ccccc1. The molecule has 0 amide bonds. The highest BCUT2D eigenvalue weighted by atomic mass is 16.5. The minimum atomic E-state index is -0.0879. The fourth-order valence-corrected chi connectivity index (χ4v) is 2.21. The van der Waals surface area contributed by atoms with Gasteiger partial charge < -0.3 is 14.4 Å². The highest BCUT2D eigenvalue weighted by molar-refractivity contribution is 5.14. The first-order chi connectivity index (χ1) is 9.85. The number of nitrogens with zero attached hydrogens (tertiary/aromatic N) is 3. The van der Waals surface area contributed by atoms with Crippen LogP contribution in [0.1, 0.15) is 23.6 Å². The van der Waals surface area contributed by atoms with Gasteiger partial charge in [-0.25, -0.2) is 0 Å². The van der Waals surface area contributed by atoms with Crippen LogP contribution in [0.5, 0.6) is 0 Å². The summed E-state index contributed by atoms with van der Waals surface area (Å²) in [4.78, 5) is 0. The second kappa shape index (κ2) is 7.77. The Labute approximate surface area is 119 Å². The standard InChI is InChI=1S/C15H21N3O2/c1-20-11-10-18-14(16-17-15(18)12-19)9-5-8-13-6-3-2-4-7-13/h2-4,6-7,19H,5,8-12H2,1H3. The van der Waals surface area contributed by atoms with Crippen molar-refractivity contribution in [1.29, 1.82) is 0 Å². The summed E-state index contributed by atoms with van der Waals surface area (Å²) in [6.07, 6.45) is 2.89. The molecule has 2 rings (SSSR count). The monoisotopic (exact) mass is 275 g/mol. The molecule has 0 fully saturated rings. The maximum atomic E-state index is 9.27. The lowest BCUT2D eigenvalue weighted by atomic mass is 10.1. The molecular weight excluding hydrogens is 254 g/mol. The molecule has 0 saturated heterocycles. The zero-order chi connectivity index (χ0) is 14.2. The number of ether oxygens (including phenoxy) is 1. The molecule has 0 aliphatic heterocycles. The van der Waals surface area contributed by atoms with Crippen molar-refractivity contribution in [3.05, 3.63) is 47.5 Å². The number of aliphatic hydroxyl groups is 1. The highest BCUT2D eigenvalue weighted by Crippen LogP contribution is 2.09. The Balaban J connectivity index is 1.93. The Hall–Kier alpha value is -1.72. The van der Waals surface area contributed by atoms with E-state index in [1.807, 2.05) is 10.6 Å². The normalized spacial score (nSPS) is 10.9. The maximum absolute atomic E-state index is 9.27. The number of benzene rings is 1. The Bertz CT molecular complexity index is 511. The number of aliphatic hydroxyl groups excluding tert-OH is 1. The van der Waals surface area contributed by atoms with E-state index in [1.54, 1.807) is 7.11 Å². The average Bonchev–Trinajstić information content (AvgIpc) is 2.88. The van der Waals surface area contributed by atoms with Crippen molar-refractivity contribution in [3.8, 4) is 0 Å². The summed E-state index contributed by atoms with van der Waals surface area (Å²) < 4.78 is 7.04. The Morgan fingerprint density at radius 1 is 1.10 bits per heavy atom. The van der Waals surface area contributed by atoms with E-state index in [0.717, 1.165) is 25.1 Å². The van der Waals surface area contributed by atoms with E-state index in [0.29, 0.717) is 19.0 Å². The summed E-state index contributed by atoms with van der Waals surface area (Å²) in [5.41, 5.74) is 1.33. The van der Waals surface area contributed by atoms with Crippen LogP contribution in [-0.4, -0.2) is 33.6 Å². The number of hydrogen-bond acceptors (Lipinski definition) is 4.